The van der Waals surface area contributed by atoms with Gasteiger partial charge in [-0.1, -0.05) is 113 Å². The monoisotopic (exact) mass is 457 g/mol. The van der Waals surface area contributed by atoms with E-state index in [0.29, 0.717) is 11.0 Å². The average molecular weight is 458 g/mol. The molecule has 33 heavy (non-hydrogen) atoms. The summed E-state index contributed by atoms with van der Waals surface area (Å²) < 4.78 is 6.17. The summed E-state index contributed by atoms with van der Waals surface area (Å²) in [4.78, 5) is 10.9. The Morgan fingerprint density at radius 2 is 1.24 bits per heavy atom. The third-order valence-corrected chi connectivity index (χ3v) is 4.86. The maximum atomic E-state index is 10.9. The van der Waals surface area contributed by atoms with Gasteiger partial charge in [0.15, 0.2) is 6.10 Å². The van der Waals surface area contributed by atoms with Gasteiger partial charge in [0.25, 0.3) is 0 Å². The summed E-state index contributed by atoms with van der Waals surface area (Å²) in [6, 6.07) is 0. The maximum absolute atomic E-state index is 10.9. The van der Waals surface area contributed by atoms with Crippen LogP contribution in [0.4, 0.5) is 0 Å². The zero-order chi connectivity index (χ0) is 24.6. The number of rotatable bonds is 20. The summed E-state index contributed by atoms with van der Waals surface area (Å²) in [6.07, 6.45) is 34.9. The summed E-state index contributed by atoms with van der Waals surface area (Å²) in [6.45, 7) is 2.85. The van der Waals surface area contributed by atoms with Crippen molar-refractivity contribution in [1.29, 1.82) is 0 Å². The number of allylic oxidation sites excluding steroid dienone is 11. The van der Waals surface area contributed by atoms with Gasteiger partial charge in [0.1, 0.15) is 6.54 Å². The van der Waals surface area contributed by atoms with E-state index in [2.05, 4.69) is 25.2 Å². The lowest BCUT2D eigenvalue weighted by Crippen LogP contribution is -2.44. The average Bonchev–Trinajstić information content (AvgIpc) is 2.73. The summed E-state index contributed by atoms with van der Waals surface area (Å²) in [7, 11) is 5.99. The smallest absolute Gasteiger partial charge is 0.152 e. The molecule has 0 aliphatic heterocycles. The molecule has 0 aromatic rings. The van der Waals surface area contributed by atoms with Crippen LogP contribution in [0.25, 0.3) is 0 Å². The van der Waals surface area contributed by atoms with Gasteiger partial charge in [-0.3, -0.25) is 0 Å². The Labute approximate surface area is 203 Å². The van der Waals surface area contributed by atoms with Crippen molar-refractivity contribution in [2.75, 3.05) is 27.7 Å². The molecule has 0 saturated carbocycles. The highest BCUT2D eigenvalue weighted by atomic mass is 16.5. The second-order valence-electron chi connectivity index (χ2n) is 9.37. The van der Waals surface area contributed by atoms with Crippen LogP contribution in [-0.4, -0.2) is 44.2 Å². The zero-order valence-corrected chi connectivity index (χ0v) is 21.5. The number of ether oxygens (including phenoxy) is 1. The van der Waals surface area contributed by atoms with E-state index >= 15 is 0 Å². The van der Waals surface area contributed by atoms with Gasteiger partial charge in [0, 0.05) is 12.4 Å². The molecular formula is C29H47NO3. The van der Waals surface area contributed by atoms with Crippen molar-refractivity contribution in [2.45, 2.75) is 77.2 Å². The largest absolute Gasteiger partial charge is 0.550 e. The maximum Gasteiger partial charge on any atom is 0.152 e. The Morgan fingerprint density at radius 1 is 0.758 bits per heavy atom. The molecule has 1 unspecified atom stereocenters. The third-order valence-electron chi connectivity index (χ3n) is 4.86. The Balaban J connectivity index is 3.91. The fourth-order valence-corrected chi connectivity index (χ4v) is 3.24. The predicted octanol–water partition coefficient (Wildman–Crippen LogP) is 6.04. The third kappa shape index (κ3) is 25.8. The van der Waals surface area contributed by atoms with E-state index in [1.54, 1.807) is 6.08 Å². The lowest BCUT2D eigenvalue weighted by molar-refractivity contribution is -0.873. The highest BCUT2D eigenvalue weighted by molar-refractivity contribution is 5.64. The van der Waals surface area contributed by atoms with Gasteiger partial charge in [-0.15, -0.1) is 0 Å². The molecule has 4 heteroatoms. The normalized spacial score (nSPS) is 14.2. The van der Waals surface area contributed by atoms with Crippen LogP contribution < -0.4 is 5.11 Å². The molecule has 0 N–H and O–H groups in total. The van der Waals surface area contributed by atoms with Crippen LogP contribution in [0.1, 0.15) is 71.1 Å². The Hall–Kier alpha value is -2.33. The number of carboxylic acid groups (broad SMARTS) is 1. The van der Waals surface area contributed by atoms with Crippen LogP contribution in [0.3, 0.4) is 0 Å². The standard InChI is InChI=1S/C29H47NO3/c1-5-6-7-8-9-10-11-12-13-14-15-16-17-18-19-20-21-22-23-24-25-33-28(26-29(31)32)27-30(2,3)4/h14-25,28H,5-13,26-27H2,1-4H3. The van der Waals surface area contributed by atoms with E-state index < -0.39 is 12.1 Å². The lowest BCUT2D eigenvalue weighted by Gasteiger charge is -2.28. The molecule has 186 valence electrons. The molecule has 0 saturated heterocycles. The highest BCUT2D eigenvalue weighted by Crippen LogP contribution is 2.09. The van der Waals surface area contributed by atoms with Gasteiger partial charge in [-0.2, -0.15) is 0 Å². The van der Waals surface area contributed by atoms with Gasteiger partial charge < -0.3 is 19.1 Å². The Kier molecular flexibility index (Phi) is 20.0. The molecule has 0 aliphatic rings. The fourth-order valence-electron chi connectivity index (χ4n) is 3.24. The van der Waals surface area contributed by atoms with Crippen LogP contribution >= 0.6 is 0 Å². The van der Waals surface area contributed by atoms with Gasteiger partial charge in [-0.25, -0.2) is 0 Å². The number of carbonyl (C=O) groups is 1. The first-order valence-electron chi connectivity index (χ1n) is 12.5. The molecule has 0 aromatic heterocycles. The first kappa shape index (κ1) is 30.7. The van der Waals surface area contributed by atoms with Gasteiger partial charge in [0.05, 0.1) is 27.4 Å². The van der Waals surface area contributed by atoms with E-state index in [1.165, 1.54) is 57.6 Å². The van der Waals surface area contributed by atoms with Crippen molar-refractivity contribution >= 4 is 5.97 Å². The minimum atomic E-state index is -1.10. The van der Waals surface area contributed by atoms with Crippen LogP contribution in [0, 0.1) is 0 Å². The van der Waals surface area contributed by atoms with E-state index in [4.69, 9.17) is 4.74 Å². The molecule has 0 heterocycles. The van der Waals surface area contributed by atoms with Gasteiger partial charge >= 0.3 is 0 Å². The molecule has 0 amide bonds. The number of hydrogen-bond acceptors (Lipinski definition) is 3. The second kappa shape index (κ2) is 21.5. The lowest BCUT2D eigenvalue weighted by atomic mass is 10.1. The van der Waals surface area contributed by atoms with Crippen molar-refractivity contribution < 1.29 is 19.1 Å². The Bertz CT molecular complexity index is 648. The summed E-state index contributed by atoms with van der Waals surface area (Å²) in [5.41, 5.74) is 0. The number of quaternary nitrogens is 1. The predicted molar refractivity (Wildman–Crippen MR) is 139 cm³/mol. The number of nitrogens with zero attached hydrogens (tertiary/aromatic N) is 1. The van der Waals surface area contributed by atoms with Crippen LogP contribution in [0.2, 0.25) is 0 Å². The summed E-state index contributed by atoms with van der Waals surface area (Å²) in [5.74, 6) is -1.10. The molecule has 4 nitrogen and oxygen atoms in total. The van der Waals surface area contributed by atoms with Gasteiger partial charge in [-0.05, 0) is 18.9 Å². The van der Waals surface area contributed by atoms with Crippen molar-refractivity contribution in [3.8, 4) is 0 Å². The topological polar surface area (TPSA) is 49.4 Å². The minimum absolute atomic E-state index is 0.115. The second-order valence-corrected chi connectivity index (χ2v) is 9.37. The number of carbonyl (C=O) groups excluding carboxylic acids is 1. The molecule has 0 aromatic carbocycles. The molecule has 0 aliphatic carbocycles. The molecule has 0 bridgehead atoms. The van der Waals surface area contributed by atoms with E-state index in [9.17, 15) is 9.90 Å². The number of unbranched alkanes of at least 4 members (excludes halogenated alkanes) is 8. The SMILES string of the molecule is CCCCCCCCCCC=CC=CC=CC=CC=CC=COC(CC(=O)[O-])C[N+](C)(C)C. The van der Waals surface area contributed by atoms with Gasteiger partial charge in [0.2, 0.25) is 0 Å². The molecule has 0 fully saturated rings. The van der Waals surface area contributed by atoms with E-state index in [-0.39, 0.29) is 6.42 Å². The zero-order valence-electron chi connectivity index (χ0n) is 21.5. The van der Waals surface area contributed by atoms with Crippen molar-refractivity contribution in [3.05, 3.63) is 73.1 Å². The first-order chi connectivity index (χ1) is 15.8. The number of likely N-dealkylation sites (N-methyl/N-ethyl adjacent to an activating group) is 1. The highest BCUT2D eigenvalue weighted by Gasteiger charge is 2.18. The first-order valence-corrected chi connectivity index (χ1v) is 12.5. The Morgan fingerprint density at radius 3 is 1.76 bits per heavy atom. The van der Waals surface area contributed by atoms with E-state index in [0.717, 1.165) is 6.42 Å². The summed E-state index contributed by atoms with van der Waals surface area (Å²) in [5, 5.41) is 10.9. The van der Waals surface area contributed by atoms with Crippen LogP contribution in [0.5, 0.6) is 0 Å². The van der Waals surface area contributed by atoms with Crippen molar-refractivity contribution in [2.24, 2.45) is 0 Å². The molecule has 1 atom stereocenters. The number of aliphatic carboxylic acids is 1. The van der Waals surface area contributed by atoms with E-state index in [1.807, 2.05) is 63.7 Å². The fraction of sp³-hybridized carbons (Fsp3) is 0.552. The number of carboxylic acids is 1. The minimum Gasteiger partial charge on any atom is -0.550 e. The molecule has 0 radical (unpaired) electrons. The molecule has 0 rings (SSSR count). The van der Waals surface area contributed by atoms with Crippen LogP contribution in [-0.2, 0) is 9.53 Å². The van der Waals surface area contributed by atoms with Crippen molar-refractivity contribution in [1.82, 2.24) is 0 Å². The quantitative estimate of drug-likeness (QED) is 0.0968. The van der Waals surface area contributed by atoms with Crippen molar-refractivity contribution in [3.63, 3.8) is 0 Å². The molecular weight excluding hydrogens is 410 g/mol. The molecule has 0 spiro atoms. The summed E-state index contributed by atoms with van der Waals surface area (Å²) >= 11 is 0. The number of hydrogen-bond donors (Lipinski definition) is 0. The van der Waals surface area contributed by atoms with Crippen LogP contribution in [0.15, 0.2) is 73.1 Å².